The predicted molar refractivity (Wildman–Crippen MR) is 115 cm³/mol. The monoisotopic (exact) mass is 373 g/mol. The maximum Gasteiger partial charge on any atom is 0.213 e. The van der Waals surface area contributed by atoms with E-state index in [0.29, 0.717) is 13.1 Å². The predicted octanol–water partition coefficient (Wildman–Crippen LogP) is 3.37. The summed E-state index contributed by atoms with van der Waals surface area (Å²) in [5.74, 6) is 0. The van der Waals surface area contributed by atoms with Crippen LogP contribution in [0.2, 0.25) is 0 Å². The fourth-order valence-electron chi connectivity index (χ4n) is 3.93. The van der Waals surface area contributed by atoms with Gasteiger partial charge < -0.3 is 15.1 Å². The van der Waals surface area contributed by atoms with E-state index in [4.69, 9.17) is 0 Å². The summed E-state index contributed by atoms with van der Waals surface area (Å²) in [6.07, 6.45) is 0. The number of nitrogens with zero attached hydrogens (tertiary/aromatic N) is 2. The zero-order valence-corrected chi connectivity index (χ0v) is 16.0. The van der Waals surface area contributed by atoms with Gasteiger partial charge in [-0.1, -0.05) is 36.4 Å². The van der Waals surface area contributed by atoms with E-state index in [1.165, 1.54) is 16.3 Å². The number of para-hydroxylation sites is 2. The van der Waals surface area contributed by atoms with E-state index in [2.05, 4.69) is 65.2 Å². The van der Waals surface area contributed by atoms with E-state index in [9.17, 15) is 10.2 Å². The van der Waals surface area contributed by atoms with Gasteiger partial charge in [-0.2, -0.15) is 4.57 Å². The first-order chi connectivity index (χ1) is 13.7. The number of hydrogen-bond acceptors (Lipinski definition) is 3. The Bertz CT molecular complexity index is 1050. The van der Waals surface area contributed by atoms with Gasteiger partial charge in [0.15, 0.2) is 6.54 Å². The average molecular weight is 373 g/mol. The van der Waals surface area contributed by atoms with Crippen molar-refractivity contribution in [3.8, 4) is 11.1 Å². The molecular formula is C24H25N2O2+. The summed E-state index contributed by atoms with van der Waals surface area (Å²) >= 11 is 0. The van der Waals surface area contributed by atoms with E-state index >= 15 is 0 Å². The lowest BCUT2D eigenvalue weighted by atomic mass is 9.95. The molecule has 3 aromatic carbocycles. The largest absolute Gasteiger partial charge is 0.395 e. The molecule has 0 saturated carbocycles. The topological polar surface area (TPSA) is 47.6 Å². The molecule has 0 radical (unpaired) electrons. The maximum atomic E-state index is 9.61. The number of aromatic nitrogens is 1. The molecule has 0 spiro atoms. The quantitative estimate of drug-likeness (QED) is 0.402. The Morgan fingerprint density at radius 2 is 1.32 bits per heavy atom. The Morgan fingerprint density at radius 3 is 1.86 bits per heavy atom. The summed E-state index contributed by atoms with van der Waals surface area (Å²) in [4.78, 5) is 2.04. The number of aliphatic hydroxyl groups excluding tert-OH is 2. The second-order valence-electron chi connectivity index (χ2n) is 6.98. The minimum absolute atomic E-state index is 0.101. The van der Waals surface area contributed by atoms with Crippen LogP contribution in [0.25, 0.3) is 32.9 Å². The molecule has 0 bridgehead atoms. The van der Waals surface area contributed by atoms with Gasteiger partial charge in [0.25, 0.3) is 0 Å². The summed E-state index contributed by atoms with van der Waals surface area (Å²) in [5.41, 5.74) is 5.68. The van der Waals surface area contributed by atoms with Gasteiger partial charge in [0, 0.05) is 37.0 Å². The number of hydrogen-bond donors (Lipinski definition) is 2. The number of anilines is 1. The standard InChI is InChI=1S/C24H25N2O2/c1-25(14-16-27)19-12-10-18(11-13-19)24-20-6-2-4-8-22(20)26(15-17-28)23-9-5-3-7-21(23)24/h2-13,27-28H,14-17H2,1H3/q+1. The molecule has 0 aliphatic heterocycles. The fourth-order valence-corrected chi connectivity index (χ4v) is 3.93. The van der Waals surface area contributed by atoms with Crippen molar-refractivity contribution in [3.63, 3.8) is 0 Å². The van der Waals surface area contributed by atoms with Crippen molar-refractivity contribution < 1.29 is 14.8 Å². The Hall–Kier alpha value is -2.95. The van der Waals surface area contributed by atoms with Crippen LogP contribution < -0.4 is 9.47 Å². The second-order valence-corrected chi connectivity index (χ2v) is 6.98. The van der Waals surface area contributed by atoms with Crippen LogP contribution in [0, 0.1) is 0 Å². The van der Waals surface area contributed by atoms with Crippen LogP contribution in [0.1, 0.15) is 0 Å². The second kappa shape index (κ2) is 7.97. The number of fused-ring (bicyclic) bond motifs is 2. The highest BCUT2D eigenvalue weighted by Crippen LogP contribution is 2.34. The summed E-state index contributed by atoms with van der Waals surface area (Å²) in [6.45, 7) is 1.41. The van der Waals surface area contributed by atoms with Gasteiger partial charge in [0.1, 0.15) is 6.61 Å². The van der Waals surface area contributed by atoms with E-state index in [0.717, 1.165) is 22.3 Å². The van der Waals surface area contributed by atoms with Crippen molar-refractivity contribution in [2.75, 3.05) is 31.7 Å². The third-order valence-corrected chi connectivity index (χ3v) is 5.28. The van der Waals surface area contributed by atoms with Gasteiger partial charge in [-0.25, -0.2) is 0 Å². The highest BCUT2D eigenvalue weighted by atomic mass is 16.3. The van der Waals surface area contributed by atoms with E-state index in [1.807, 2.05) is 24.1 Å². The summed E-state index contributed by atoms with van der Waals surface area (Å²) in [7, 11) is 1.98. The highest BCUT2D eigenvalue weighted by Gasteiger charge is 2.20. The zero-order chi connectivity index (χ0) is 19.5. The molecule has 4 rings (SSSR count). The minimum atomic E-state index is 0.101. The molecule has 1 heterocycles. The van der Waals surface area contributed by atoms with Crippen molar-refractivity contribution in [3.05, 3.63) is 72.8 Å². The lowest BCUT2D eigenvalue weighted by molar-refractivity contribution is -0.646. The number of pyridine rings is 1. The molecule has 0 fully saturated rings. The van der Waals surface area contributed by atoms with Crippen LogP contribution in [-0.2, 0) is 6.54 Å². The first-order valence-electron chi connectivity index (χ1n) is 9.61. The van der Waals surface area contributed by atoms with Crippen LogP contribution >= 0.6 is 0 Å². The summed E-state index contributed by atoms with van der Waals surface area (Å²) in [5, 5.41) is 21.1. The normalized spacial score (nSPS) is 11.2. The zero-order valence-electron chi connectivity index (χ0n) is 16.0. The lowest BCUT2D eigenvalue weighted by Gasteiger charge is -2.18. The smallest absolute Gasteiger partial charge is 0.213 e. The molecule has 0 atom stereocenters. The first kappa shape index (κ1) is 18.4. The molecule has 4 heteroatoms. The van der Waals surface area contributed by atoms with Crippen molar-refractivity contribution in [1.82, 2.24) is 0 Å². The fraction of sp³-hybridized carbons (Fsp3) is 0.208. The average Bonchev–Trinajstić information content (AvgIpc) is 2.74. The molecular weight excluding hydrogens is 348 g/mol. The van der Waals surface area contributed by atoms with Gasteiger partial charge in [-0.05, 0) is 29.8 Å². The molecule has 4 aromatic rings. The van der Waals surface area contributed by atoms with Crippen molar-refractivity contribution >= 4 is 27.5 Å². The van der Waals surface area contributed by atoms with Crippen molar-refractivity contribution in [2.45, 2.75) is 6.54 Å². The van der Waals surface area contributed by atoms with E-state index in [1.54, 1.807) is 0 Å². The lowest BCUT2D eigenvalue weighted by Crippen LogP contribution is -2.37. The molecule has 0 aliphatic rings. The third kappa shape index (κ3) is 3.21. The number of benzene rings is 3. The minimum Gasteiger partial charge on any atom is -0.395 e. The van der Waals surface area contributed by atoms with E-state index < -0.39 is 0 Å². The van der Waals surface area contributed by atoms with Crippen molar-refractivity contribution in [1.29, 1.82) is 0 Å². The summed E-state index contributed by atoms with van der Waals surface area (Å²) < 4.78 is 2.19. The summed E-state index contributed by atoms with van der Waals surface area (Å²) in [6, 6.07) is 25.2. The van der Waals surface area contributed by atoms with Gasteiger partial charge in [-0.3, -0.25) is 0 Å². The highest BCUT2D eigenvalue weighted by molar-refractivity contribution is 6.07. The number of likely N-dealkylation sites (N-methyl/N-ethyl adjacent to an activating group) is 1. The van der Waals surface area contributed by atoms with Gasteiger partial charge >= 0.3 is 0 Å². The van der Waals surface area contributed by atoms with Crippen LogP contribution in [0.3, 0.4) is 0 Å². The maximum absolute atomic E-state index is 9.61. The van der Waals surface area contributed by atoms with Crippen LogP contribution in [0.5, 0.6) is 0 Å². The Morgan fingerprint density at radius 1 is 0.750 bits per heavy atom. The SMILES string of the molecule is CN(CCO)c1ccc(-c2c3ccccc3[n+](CCO)c3ccccc23)cc1. The van der Waals surface area contributed by atoms with E-state index in [-0.39, 0.29) is 13.2 Å². The Balaban J connectivity index is 1.97. The third-order valence-electron chi connectivity index (χ3n) is 5.28. The molecule has 142 valence electrons. The van der Waals surface area contributed by atoms with Crippen molar-refractivity contribution in [2.24, 2.45) is 0 Å². The molecule has 0 unspecified atom stereocenters. The molecule has 2 N–H and O–H groups in total. The molecule has 28 heavy (non-hydrogen) atoms. The first-order valence-corrected chi connectivity index (χ1v) is 9.61. The Labute approximate surface area is 164 Å². The van der Waals surface area contributed by atoms with Gasteiger partial charge in [0.2, 0.25) is 11.0 Å². The Kier molecular flexibility index (Phi) is 5.24. The van der Waals surface area contributed by atoms with Gasteiger partial charge in [-0.15, -0.1) is 0 Å². The van der Waals surface area contributed by atoms with Crippen LogP contribution in [-0.4, -0.2) is 37.0 Å². The molecule has 1 aromatic heterocycles. The molecule has 4 nitrogen and oxygen atoms in total. The molecule has 0 amide bonds. The van der Waals surface area contributed by atoms with Crippen LogP contribution in [0.15, 0.2) is 72.8 Å². The molecule has 0 aliphatic carbocycles. The number of aliphatic hydroxyl groups is 2. The number of rotatable bonds is 6. The van der Waals surface area contributed by atoms with Crippen LogP contribution in [0.4, 0.5) is 5.69 Å². The van der Waals surface area contributed by atoms with Gasteiger partial charge in [0.05, 0.1) is 17.4 Å². The molecule has 0 saturated heterocycles.